The number of carbonyl (C=O) groups excluding carboxylic acids is 1. The average Bonchev–Trinajstić information content (AvgIpc) is 1.89. The van der Waals surface area contributed by atoms with Crippen LogP contribution < -0.4 is 34.7 Å². The van der Waals surface area contributed by atoms with Crippen LogP contribution in [-0.4, -0.2) is 12.6 Å². The van der Waals surface area contributed by atoms with E-state index in [0.717, 1.165) is 0 Å². The second kappa shape index (κ2) is 7.61. The second-order valence-corrected chi connectivity index (χ2v) is 1.36. The third-order valence-electron chi connectivity index (χ3n) is 0.672. The number of hydrogen-bond donors (Lipinski definition) is 0. The number of hydrogen-bond acceptors (Lipinski definition) is 4. The summed E-state index contributed by atoms with van der Waals surface area (Å²) in [5.41, 5.74) is 0. The molecule has 0 aromatic heterocycles. The van der Waals surface area contributed by atoms with Gasteiger partial charge in [0.05, 0.1) is 12.7 Å². The molecule has 0 atom stereocenters. The summed E-state index contributed by atoms with van der Waals surface area (Å²) >= 11 is 0. The van der Waals surface area contributed by atoms with Crippen LogP contribution in [0.1, 0.15) is 6.92 Å². The van der Waals surface area contributed by atoms with Gasteiger partial charge < -0.3 is 9.84 Å². The smallest absolute Gasteiger partial charge is 0.867 e. The molecule has 0 aromatic carbocycles. The van der Waals surface area contributed by atoms with Crippen molar-refractivity contribution in [2.45, 2.75) is 6.92 Å². The number of nitriles is 1. The maximum Gasteiger partial charge on any atom is 1.00 e. The zero-order valence-corrected chi connectivity index (χ0v) is 8.46. The summed E-state index contributed by atoms with van der Waals surface area (Å²) in [6.45, 7) is 1.72. The van der Waals surface area contributed by atoms with Gasteiger partial charge in [0.2, 0.25) is 0 Å². The van der Waals surface area contributed by atoms with Crippen LogP contribution >= 0.6 is 0 Å². The van der Waals surface area contributed by atoms with E-state index in [0.29, 0.717) is 6.08 Å². The molecule has 0 radical (unpaired) electrons. The minimum absolute atomic E-state index is 0. The predicted octanol–water partition coefficient (Wildman–Crippen LogP) is -3.68. The van der Waals surface area contributed by atoms with Crippen molar-refractivity contribution >= 4 is 5.97 Å². The third-order valence-corrected chi connectivity index (χ3v) is 0.672. The molecule has 0 N–H and O–H groups in total. The molecule has 4 nitrogen and oxygen atoms in total. The Balaban J connectivity index is 0. The first-order valence-electron chi connectivity index (χ1n) is 2.66. The van der Waals surface area contributed by atoms with Crippen LogP contribution in [0.15, 0.2) is 11.8 Å². The van der Waals surface area contributed by atoms with Crippen LogP contribution in [0.4, 0.5) is 0 Å². The Bertz CT molecular complexity index is 194. The molecular formula is C6H6NNaO3. The number of rotatable bonds is 2. The van der Waals surface area contributed by atoms with E-state index in [-0.39, 0.29) is 36.2 Å². The van der Waals surface area contributed by atoms with Crippen molar-refractivity contribution < 1.29 is 44.2 Å². The minimum Gasteiger partial charge on any atom is -0.867 e. The van der Waals surface area contributed by atoms with E-state index in [2.05, 4.69) is 4.74 Å². The fraction of sp³-hybridized carbons (Fsp3) is 0.333. The molecule has 5 heteroatoms. The molecule has 0 aliphatic heterocycles. The molecule has 0 spiro atoms. The first kappa shape index (κ1) is 13.1. The Morgan fingerprint density at radius 3 is 2.73 bits per heavy atom. The van der Waals surface area contributed by atoms with Crippen LogP contribution in [0, 0.1) is 11.3 Å². The SMILES string of the molecule is CCOC(=O)/C([O-])=C/C#N.[Na+]. The van der Waals surface area contributed by atoms with E-state index in [1.165, 1.54) is 6.07 Å². The molecule has 0 saturated heterocycles. The molecular weight excluding hydrogens is 157 g/mol. The van der Waals surface area contributed by atoms with Crippen LogP contribution in [0.3, 0.4) is 0 Å². The fourth-order valence-corrected chi connectivity index (χ4v) is 0.320. The van der Waals surface area contributed by atoms with Crippen molar-refractivity contribution in [1.82, 2.24) is 0 Å². The molecule has 0 aromatic rings. The molecule has 0 saturated carbocycles. The van der Waals surface area contributed by atoms with Gasteiger partial charge in [-0.05, 0) is 12.7 Å². The van der Waals surface area contributed by atoms with Gasteiger partial charge in [0.1, 0.15) is 0 Å². The number of esters is 1. The Labute approximate surface area is 86.7 Å². The molecule has 0 aliphatic carbocycles. The molecule has 0 bridgehead atoms. The molecule has 0 fully saturated rings. The van der Waals surface area contributed by atoms with Gasteiger partial charge in [-0.3, -0.25) is 0 Å². The molecule has 0 aliphatic rings. The van der Waals surface area contributed by atoms with Crippen molar-refractivity contribution in [3.05, 3.63) is 11.8 Å². The molecule has 0 amide bonds. The van der Waals surface area contributed by atoms with Crippen molar-refractivity contribution in [3.63, 3.8) is 0 Å². The standard InChI is InChI=1S/C6H7NO3.Na/c1-2-10-6(9)5(8)3-4-7;/h3,8H,2H2,1H3;/q;+1/p-1/b5-3-;. The van der Waals surface area contributed by atoms with E-state index in [1.54, 1.807) is 6.92 Å². The predicted molar refractivity (Wildman–Crippen MR) is 30.3 cm³/mol. The normalized spacial score (nSPS) is 9.27. The molecule has 11 heavy (non-hydrogen) atoms. The summed E-state index contributed by atoms with van der Waals surface area (Å²) in [7, 11) is 0. The molecule has 0 unspecified atom stereocenters. The van der Waals surface area contributed by atoms with Crippen LogP contribution in [0.5, 0.6) is 0 Å². The van der Waals surface area contributed by atoms with E-state index < -0.39 is 11.7 Å². The quantitative estimate of drug-likeness (QED) is 0.138. The summed E-state index contributed by atoms with van der Waals surface area (Å²) in [4.78, 5) is 10.4. The Kier molecular flexibility index (Phi) is 9.07. The van der Waals surface area contributed by atoms with Crippen molar-refractivity contribution in [3.8, 4) is 6.07 Å². The summed E-state index contributed by atoms with van der Waals surface area (Å²) in [6.07, 6.45) is 0.609. The van der Waals surface area contributed by atoms with Gasteiger partial charge in [0, 0.05) is 6.08 Å². The third kappa shape index (κ3) is 5.92. The van der Waals surface area contributed by atoms with Gasteiger partial charge in [0.15, 0.2) is 0 Å². The number of carbonyl (C=O) groups is 1. The summed E-state index contributed by atoms with van der Waals surface area (Å²) in [6, 6.07) is 1.43. The average molecular weight is 163 g/mol. The van der Waals surface area contributed by atoms with Crippen molar-refractivity contribution in [2.75, 3.05) is 6.61 Å². The summed E-state index contributed by atoms with van der Waals surface area (Å²) in [5, 5.41) is 18.3. The molecule has 0 heterocycles. The first-order valence-corrected chi connectivity index (χ1v) is 2.66. The largest absolute Gasteiger partial charge is 1.00 e. The van der Waals surface area contributed by atoms with Crippen LogP contribution in [-0.2, 0) is 9.53 Å². The van der Waals surface area contributed by atoms with Gasteiger partial charge in [-0.25, -0.2) is 4.79 Å². The van der Waals surface area contributed by atoms with E-state index in [4.69, 9.17) is 5.26 Å². The zero-order chi connectivity index (χ0) is 7.98. The van der Waals surface area contributed by atoms with E-state index in [9.17, 15) is 9.90 Å². The monoisotopic (exact) mass is 163 g/mol. The maximum atomic E-state index is 10.4. The molecule has 0 rings (SSSR count). The van der Waals surface area contributed by atoms with Crippen LogP contribution in [0.2, 0.25) is 0 Å². The zero-order valence-electron chi connectivity index (χ0n) is 6.46. The summed E-state index contributed by atoms with van der Waals surface area (Å²) in [5.74, 6) is -1.90. The Morgan fingerprint density at radius 2 is 2.36 bits per heavy atom. The number of nitrogens with zero attached hydrogens (tertiary/aromatic N) is 1. The van der Waals surface area contributed by atoms with Gasteiger partial charge in [-0.2, -0.15) is 5.26 Å². The maximum absolute atomic E-state index is 10.4. The van der Waals surface area contributed by atoms with E-state index in [1.807, 2.05) is 0 Å². The number of allylic oxidation sites excluding steroid dienone is 1. The van der Waals surface area contributed by atoms with E-state index >= 15 is 0 Å². The molecule has 54 valence electrons. The van der Waals surface area contributed by atoms with Gasteiger partial charge in [-0.1, -0.05) is 0 Å². The van der Waals surface area contributed by atoms with Crippen LogP contribution in [0.25, 0.3) is 0 Å². The Hall–Kier alpha value is -0.500. The van der Waals surface area contributed by atoms with Gasteiger partial charge >= 0.3 is 35.5 Å². The van der Waals surface area contributed by atoms with Crippen molar-refractivity contribution in [1.29, 1.82) is 5.26 Å². The van der Waals surface area contributed by atoms with Gasteiger partial charge in [0.25, 0.3) is 0 Å². The topological polar surface area (TPSA) is 73.2 Å². The summed E-state index contributed by atoms with van der Waals surface area (Å²) < 4.78 is 4.29. The minimum atomic E-state index is -0.982. The fourth-order valence-electron chi connectivity index (χ4n) is 0.320. The first-order chi connectivity index (χ1) is 4.72. The Morgan fingerprint density at radius 1 is 1.82 bits per heavy atom. The van der Waals surface area contributed by atoms with Gasteiger partial charge in [-0.15, -0.1) is 0 Å². The van der Waals surface area contributed by atoms with Crippen molar-refractivity contribution in [2.24, 2.45) is 0 Å². The number of ether oxygens (including phenoxy) is 1. The second-order valence-electron chi connectivity index (χ2n) is 1.36.